The quantitative estimate of drug-likeness (QED) is 0.294. The number of hydrogen-bond acceptors (Lipinski definition) is 6. The molecule has 0 unspecified atom stereocenters. The number of ether oxygens (including phenoxy) is 1. The molecule has 1 aromatic heterocycles. The lowest BCUT2D eigenvalue weighted by molar-refractivity contribution is -0.116. The Morgan fingerprint density at radius 2 is 1.86 bits per heavy atom. The number of nitrogens with one attached hydrogen (secondary N) is 1. The van der Waals surface area contributed by atoms with E-state index in [-0.39, 0.29) is 11.7 Å². The van der Waals surface area contributed by atoms with Crippen molar-refractivity contribution in [1.29, 1.82) is 0 Å². The maximum Gasteiger partial charge on any atom is 0.243 e. The van der Waals surface area contributed by atoms with Crippen LogP contribution in [0.25, 0.3) is 6.08 Å². The Bertz CT molecular complexity index is 1060. The van der Waals surface area contributed by atoms with E-state index in [0.29, 0.717) is 50.0 Å². The summed E-state index contributed by atoms with van der Waals surface area (Å²) in [7, 11) is -3.48. The Kier molecular flexibility index (Phi) is 11.7. The molecule has 0 aliphatic carbocycles. The first kappa shape index (κ1) is 28.1. The van der Waals surface area contributed by atoms with Gasteiger partial charge in [0.15, 0.2) is 0 Å². The number of pyridine rings is 1. The summed E-state index contributed by atoms with van der Waals surface area (Å²) in [5, 5.41) is 3.43. The van der Waals surface area contributed by atoms with Crippen LogP contribution in [0.5, 0.6) is 0 Å². The summed E-state index contributed by atoms with van der Waals surface area (Å²) in [5.74, 6) is -0.0702. The van der Waals surface area contributed by atoms with Crippen LogP contribution < -0.4 is 9.62 Å². The van der Waals surface area contributed by atoms with E-state index in [0.717, 1.165) is 37.9 Å². The molecule has 1 aromatic carbocycles. The fraction of sp³-hybridized carbons (Fsp3) is 0.462. The highest BCUT2D eigenvalue weighted by Crippen LogP contribution is 2.22. The molecule has 1 aliphatic heterocycles. The molecular formula is C26H35ClN4O4S. The van der Waals surface area contributed by atoms with E-state index in [4.69, 9.17) is 16.3 Å². The molecular weight excluding hydrogens is 500 g/mol. The first-order valence-electron chi connectivity index (χ1n) is 12.4. The molecule has 1 fully saturated rings. The van der Waals surface area contributed by atoms with Gasteiger partial charge >= 0.3 is 0 Å². The molecule has 0 bridgehead atoms. The number of hydrogen-bond donors (Lipinski definition) is 1. The lowest BCUT2D eigenvalue weighted by Gasteiger charge is -2.30. The molecule has 10 heteroatoms. The van der Waals surface area contributed by atoms with Crippen LogP contribution in [0.4, 0.5) is 5.69 Å². The number of carbonyl (C=O) groups is 1. The SMILES string of the molecule is O=C(C=Cc1cccnc1)NCCCCCCS(=O)(=O)N(CCN1CCOCC1)c1ccc(Cl)cc1. The summed E-state index contributed by atoms with van der Waals surface area (Å²) >= 11 is 6.02. The van der Waals surface area contributed by atoms with Crippen LogP contribution in [0.1, 0.15) is 31.2 Å². The van der Waals surface area contributed by atoms with Gasteiger partial charge in [-0.1, -0.05) is 30.5 Å². The van der Waals surface area contributed by atoms with Gasteiger partial charge in [-0.25, -0.2) is 8.42 Å². The smallest absolute Gasteiger partial charge is 0.243 e. The number of amides is 1. The molecule has 1 saturated heterocycles. The van der Waals surface area contributed by atoms with Crippen LogP contribution >= 0.6 is 11.6 Å². The Labute approximate surface area is 219 Å². The first-order chi connectivity index (χ1) is 17.4. The van der Waals surface area contributed by atoms with Gasteiger partial charge in [0, 0.05) is 56.2 Å². The lowest BCUT2D eigenvalue weighted by Crippen LogP contribution is -2.43. The highest BCUT2D eigenvalue weighted by Gasteiger charge is 2.23. The first-order valence-corrected chi connectivity index (χ1v) is 14.3. The summed E-state index contributed by atoms with van der Waals surface area (Å²) < 4.78 is 33.4. The van der Waals surface area contributed by atoms with Gasteiger partial charge < -0.3 is 10.1 Å². The predicted molar refractivity (Wildman–Crippen MR) is 145 cm³/mol. The molecule has 2 aromatic rings. The Morgan fingerprint density at radius 1 is 1.11 bits per heavy atom. The van der Waals surface area contributed by atoms with Crippen LogP contribution in [0, 0.1) is 0 Å². The molecule has 1 aliphatic rings. The van der Waals surface area contributed by atoms with Crippen molar-refractivity contribution in [3.05, 3.63) is 65.5 Å². The number of rotatable bonds is 14. The number of nitrogens with zero attached hydrogens (tertiary/aromatic N) is 3. The van der Waals surface area contributed by atoms with Crippen molar-refractivity contribution in [1.82, 2.24) is 15.2 Å². The second kappa shape index (κ2) is 14.9. The number of sulfonamides is 1. The lowest BCUT2D eigenvalue weighted by atomic mass is 10.2. The Balaban J connectivity index is 1.40. The second-order valence-electron chi connectivity index (χ2n) is 8.64. The molecule has 2 heterocycles. The van der Waals surface area contributed by atoms with Crippen molar-refractivity contribution in [2.75, 3.05) is 56.0 Å². The fourth-order valence-corrected chi connectivity index (χ4v) is 5.60. The summed E-state index contributed by atoms with van der Waals surface area (Å²) in [6.45, 7) is 4.57. The minimum Gasteiger partial charge on any atom is -0.379 e. The van der Waals surface area contributed by atoms with Gasteiger partial charge in [-0.15, -0.1) is 0 Å². The zero-order valence-corrected chi connectivity index (χ0v) is 22.1. The van der Waals surface area contributed by atoms with Gasteiger partial charge in [0.2, 0.25) is 15.9 Å². The van der Waals surface area contributed by atoms with E-state index >= 15 is 0 Å². The number of carbonyl (C=O) groups excluding carboxylic acids is 1. The van der Waals surface area contributed by atoms with E-state index < -0.39 is 10.0 Å². The standard InChI is InChI=1S/C26H35ClN4O4S/c27-24-8-10-25(11-9-24)31(16-15-30-17-19-35-20-18-30)36(33,34)21-4-2-1-3-14-29-26(32)12-7-23-6-5-13-28-22-23/h5-13,22H,1-4,14-21H2,(H,29,32). The summed E-state index contributed by atoms with van der Waals surface area (Å²) in [6.07, 6.45) is 9.57. The zero-order chi connectivity index (χ0) is 25.6. The van der Waals surface area contributed by atoms with E-state index in [1.807, 2.05) is 12.1 Å². The van der Waals surface area contributed by atoms with Crippen molar-refractivity contribution >= 4 is 39.3 Å². The van der Waals surface area contributed by atoms with Crippen LogP contribution in [0.3, 0.4) is 0 Å². The van der Waals surface area contributed by atoms with Crippen molar-refractivity contribution in [3.63, 3.8) is 0 Å². The molecule has 0 atom stereocenters. The van der Waals surface area contributed by atoms with Crippen LogP contribution in [-0.4, -0.2) is 75.9 Å². The summed E-state index contributed by atoms with van der Waals surface area (Å²) in [6, 6.07) is 10.6. The summed E-state index contributed by atoms with van der Waals surface area (Å²) in [5.41, 5.74) is 1.50. The number of anilines is 1. The zero-order valence-electron chi connectivity index (χ0n) is 20.5. The third kappa shape index (κ3) is 9.89. The van der Waals surface area contributed by atoms with E-state index in [1.165, 1.54) is 10.4 Å². The number of morpholine rings is 1. The Hall–Kier alpha value is -2.46. The van der Waals surface area contributed by atoms with Gasteiger partial charge in [-0.3, -0.25) is 19.0 Å². The van der Waals surface area contributed by atoms with E-state index in [9.17, 15) is 13.2 Å². The largest absolute Gasteiger partial charge is 0.379 e. The molecule has 8 nitrogen and oxygen atoms in total. The van der Waals surface area contributed by atoms with Gasteiger partial charge in [-0.2, -0.15) is 0 Å². The highest BCUT2D eigenvalue weighted by atomic mass is 35.5. The number of unbranched alkanes of at least 4 members (excludes halogenated alkanes) is 3. The van der Waals surface area contributed by atoms with Gasteiger partial charge in [0.25, 0.3) is 0 Å². The normalized spacial score (nSPS) is 14.7. The maximum atomic E-state index is 13.2. The molecule has 196 valence electrons. The molecule has 1 amide bonds. The Morgan fingerprint density at radius 3 is 2.58 bits per heavy atom. The number of halogens is 1. The van der Waals surface area contributed by atoms with Crippen LogP contribution in [-0.2, 0) is 19.6 Å². The minimum atomic E-state index is -3.48. The van der Waals surface area contributed by atoms with Gasteiger partial charge in [0.05, 0.1) is 24.7 Å². The van der Waals surface area contributed by atoms with E-state index in [1.54, 1.807) is 42.7 Å². The average Bonchev–Trinajstić information content (AvgIpc) is 2.89. The monoisotopic (exact) mass is 534 g/mol. The molecule has 0 radical (unpaired) electrons. The van der Waals surface area contributed by atoms with Gasteiger partial charge in [0.1, 0.15) is 0 Å². The third-order valence-corrected chi connectivity index (χ3v) is 8.03. The fourth-order valence-electron chi connectivity index (χ4n) is 3.88. The van der Waals surface area contributed by atoms with Crippen molar-refractivity contribution in [2.24, 2.45) is 0 Å². The number of aromatic nitrogens is 1. The average molecular weight is 535 g/mol. The molecule has 0 saturated carbocycles. The van der Waals surface area contributed by atoms with Gasteiger partial charge in [-0.05, 0) is 54.8 Å². The molecule has 1 N–H and O–H groups in total. The topological polar surface area (TPSA) is 91.8 Å². The van der Waals surface area contributed by atoms with Crippen molar-refractivity contribution in [3.8, 4) is 0 Å². The number of benzene rings is 1. The molecule has 36 heavy (non-hydrogen) atoms. The second-order valence-corrected chi connectivity index (χ2v) is 11.1. The minimum absolute atomic E-state index is 0.0823. The molecule has 0 spiro atoms. The van der Waals surface area contributed by atoms with Crippen molar-refractivity contribution in [2.45, 2.75) is 25.7 Å². The van der Waals surface area contributed by atoms with E-state index in [2.05, 4.69) is 15.2 Å². The summed E-state index contributed by atoms with van der Waals surface area (Å²) in [4.78, 5) is 18.2. The maximum absolute atomic E-state index is 13.2. The highest BCUT2D eigenvalue weighted by molar-refractivity contribution is 7.92. The van der Waals surface area contributed by atoms with Crippen LogP contribution in [0.15, 0.2) is 54.9 Å². The van der Waals surface area contributed by atoms with Crippen molar-refractivity contribution < 1.29 is 17.9 Å². The third-order valence-electron chi connectivity index (χ3n) is 5.91. The molecule has 3 rings (SSSR count). The van der Waals surface area contributed by atoms with Crippen LogP contribution in [0.2, 0.25) is 5.02 Å². The predicted octanol–water partition coefficient (Wildman–Crippen LogP) is 3.59.